The molecule has 1 aromatic heterocycles. The van der Waals surface area contributed by atoms with E-state index in [-0.39, 0.29) is 11.6 Å². The van der Waals surface area contributed by atoms with E-state index in [1.165, 1.54) is 12.1 Å². The third-order valence-corrected chi connectivity index (χ3v) is 2.97. The molecule has 0 bridgehead atoms. The normalized spacial score (nSPS) is 10.3. The van der Waals surface area contributed by atoms with E-state index in [1.54, 1.807) is 32.9 Å². The van der Waals surface area contributed by atoms with Gasteiger partial charge < -0.3 is 9.73 Å². The Balaban J connectivity index is 2.30. The maximum Gasteiger partial charge on any atom is 0.271 e. The summed E-state index contributed by atoms with van der Waals surface area (Å²) in [6, 6.07) is 5.98. The molecular weight excluding hydrogens is 260 g/mol. The van der Waals surface area contributed by atoms with Gasteiger partial charge in [0.25, 0.3) is 11.6 Å². The minimum Gasteiger partial charge on any atom is -0.466 e. The van der Waals surface area contributed by atoms with Gasteiger partial charge in [0, 0.05) is 12.1 Å². The Labute approximate surface area is 115 Å². The van der Waals surface area contributed by atoms with Crippen molar-refractivity contribution in [2.24, 2.45) is 0 Å². The van der Waals surface area contributed by atoms with Crippen molar-refractivity contribution in [2.45, 2.75) is 20.8 Å². The first-order chi connectivity index (χ1) is 9.38. The summed E-state index contributed by atoms with van der Waals surface area (Å²) in [7, 11) is 0. The predicted molar refractivity (Wildman–Crippen MR) is 74.0 cm³/mol. The summed E-state index contributed by atoms with van der Waals surface area (Å²) in [6.07, 6.45) is 0. The van der Waals surface area contributed by atoms with Gasteiger partial charge in [-0.05, 0) is 32.4 Å². The van der Waals surface area contributed by atoms with E-state index in [0.717, 1.165) is 5.56 Å². The molecule has 1 N–H and O–H groups in total. The first-order valence-corrected chi connectivity index (χ1v) is 6.02. The molecular formula is C14H14N2O4. The fourth-order valence-electron chi connectivity index (χ4n) is 1.90. The summed E-state index contributed by atoms with van der Waals surface area (Å²) in [5, 5.41) is 13.4. The topological polar surface area (TPSA) is 85.4 Å². The van der Waals surface area contributed by atoms with Crippen LogP contribution in [-0.2, 0) is 0 Å². The molecule has 0 saturated heterocycles. The van der Waals surface area contributed by atoms with Crippen LogP contribution in [0.25, 0.3) is 0 Å². The Bertz CT molecular complexity index is 688. The summed E-state index contributed by atoms with van der Waals surface area (Å²) in [6.45, 7) is 5.22. The van der Waals surface area contributed by atoms with E-state index in [4.69, 9.17) is 4.42 Å². The summed E-state index contributed by atoms with van der Waals surface area (Å²) in [5.41, 5.74) is 1.53. The second-order valence-corrected chi connectivity index (χ2v) is 4.54. The predicted octanol–water partition coefficient (Wildman–Crippen LogP) is 3.37. The van der Waals surface area contributed by atoms with Gasteiger partial charge in [-0.2, -0.15) is 0 Å². The van der Waals surface area contributed by atoms with E-state index < -0.39 is 4.92 Å². The number of rotatable bonds is 3. The van der Waals surface area contributed by atoms with Gasteiger partial charge in [0.2, 0.25) is 0 Å². The molecule has 1 amide bonds. The van der Waals surface area contributed by atoms with E-state index in [9.17, 15) is 14.9 Å². The zero-order valence-corrected chi connectivity index (χ0v) is 11.4. The van der Waals surface area contributed by atoms with Gasteiger partial charge in [-0.1, -0.05) is 6.07 Å². The number of benzene rings is 1. The number of nitrogens with zero attached hydrogens (tertiary/aromatic N) is 1. The lowest BCUT2D eigenvalue weighted by atomic mass is 10.1. The molecule has 0 fully saturated rings. The molecule has 6 nitrogen and oxygen atoms in total. The van der Waals surface area contributed by atoms with Crippen LogP contribution in [0.4, 0.5) is 11.4 Å². The summed E-state index contributed by atoms with van der Waals surface area (Å²) in [5.74, 6) is 0.814. The minimum absolute atomic E-state index is 0.0639. The Kier molecular flexibility index (Phi) is 3.56. The summed E-state index contributed by atoms with van der Waals surface area (Å²) < 4.78 is 5.30. The van der Waals surface area contributed by atoms with E-state index in [2.05, 4.69) is 5.32 Å². The van der Waals surface area contributed by atoms with Gasteiger partial charge in [-0.25, -0.2) is 0 Å². The lowest BCUT2D eigenvalue weighted by Crippen LogP contribution is -2.13. The van der Waals surface area contributed by atoms with Crippen LogP contribution in [0.1, 0.15) is 27.4 Å². The Morgan fingerprint density at radius 1 is 1.25 bits per heavy atom. The number of carbonyl (C=O) groups is 1. The SMILES string of the molecule is Cc1cc(C(=O)Nc2cc([N+](=O)[O-])ccc2C)c(C)o1. The number of non-ortho nitro benzene ring substituents is 1. The van der Waals surface area contributed by atoms with Crippen molar-refractivity contribution in [3.63, 3.8) is 0 Å². The third-order valence-electron chi connectivity index (χ3n) is 2.97. The molecule has 0 aliphatic heterocycles. The van der Waals surface area contributed by atoms with Crippen molar-refractivity contribution in [1.29, 1.82) is 0 Å². The van der Waals surface area contributed by atoms with Crippen molar-refractivity contribution in [3.05, 3.63) is 57.0 Å². The molecule has 0 unspecified atom stereocenters. The second kappa shape index (κ2) is 5.16. The summed E-state index contributed by atoms with van der Waals surface area (Å²) in [4.78, 5) is 22.4. The molecule has 0 aliphatic carbocycles. The first-order valence-electron chi connectivity index (χ1n) is 6.02. The number of nitro groups is 1. The zero-order valence-electron chi connectivity index (χ0n) is 11.4. The Morgan fingerprint density at radius 2 is 1.95 bits per heavy atom. The number of amides is 1. The maximum absolute atomic E-state index is 12.1. The second-order valence-electron chi connectivity index (χ2n) is 4.54. The third kappa shape index (κ3) is 2.69. The number of hydrogen-bond donors (Lipinski definition) is 1. The van der Waals surface area contributed by atoms with Crippen molar-refractivity contribution < 1.29 is 14.1 Å². The van der Waals surface area contributed by atoms with Gasteiger partial charge in [0.15, 0.2) is 0 Å². The maximum atomic E-state index is 12.1. The lowest BCUT2D eigenvalue weighted by Gasteiger charge is -2.07. The number of anilines is 1. The highest BCUT2D eigenvalue weighted by molar-refractivity contribution is 6.05. The van der Waals surface area contributed by atoms with Crippen molar-refractivity contribution >= 4 is 17.3 Å². The van der Waals surface area contributed by atoms with Gasteiger partial charge in [-0.15, -0.1) is 0 Å². The summed E-state index contributed by atoms with van der Waals surface area (Å²) >= 11 is 0. The van der Waals surface area contributed by atoms with Gasteiger partial charge in [0.1, 0.15) is 11.5 Å². The number of nitro benzene ring substituents is 1. The van der Waals surface area contributed by atoms with Crippen molar-refractivity contribution in [1.82, 2.24) is 0 Å². The quantitative estimate of drug-likeness (QED) is 0.686. The number of aryl methyl sites for hydroxylation is 3. The van der Waals surface area contributed by atoms with Crippen LogP contribution in [-0.4, -0.2) is 10.8 Å². The molecule has 6 heteroatoms. The molecule has 1 aromatic carbocycles. The fourth-order valence-corrected chi connectivity index (χ4v) is 1.90. The molecule has 0 aliphatic rings. The van der Waals surface area contributed by atoms with Crippen LogP contribution in [0.3, 0.4) is 0 Å². The van der Waals surface area contributed by atoms with Crippen molar-refractivity contribution in [2.75, 3.05) is 5.32 Å². The molecule has 2 rings (SSSR count). The molecule has 0 spiro atoms. The Hall–Kier alpha value is -2.63. The number of hydrogen-bond acceptors (Lipinski definition) is 4. The minimum atomic E-state index is -0.498. The molecule has 20 heavy (non-hydrogen) atoms. The standard InChI is InChI=1S/C14H14N2O4/c1-8-4-5-11(16(18)19)7-13(8)15-14(17)12-6-9(2)20-10(12)3/h4-7H,1-3H3,(H,15,17). The highest BCUT2D eigenvalue weighted by atomic mass is 16.6. The van der Waals surface area contributed by atoms with Gasteiger partial charge in [0.05, 0.1) is 16.2 Å². The molecule has 0 saturated carbocycles. The van der Waals surface area contributed by atoms with Crippen LogP contribution >= 0.6 is 0 Å². The molecule has 2 aromatic rings. The average molecular weight is 274 g/mol. The largest absolute Gasteiger partial charge is 0.466 e. The number of carbonyl (C=O) groups excluding carboxylic acids is 1. The molecule has 0 atom stereocenters. The van der Waals surface area contributed by atoms with Crippen LogP contribution in [0, 0.1) is 30.9 Å². The fraction of sp³-hybridized carbons (Fsp3) is 0.214. The molecule has 0 radical (unpaired) electrons. The van der Waals surface area contributed by atoms with Crippen LogP contribution < -0.4 is 5.32 Å². The molecule has 104 valence electrons. The Morgan fingerprint density at radius 3 is 2.50 bits per heavy atom. The lowest BCUT2D eigenvalue weighted by molar-refractivity contribution is -0.384. The van der Waals surface area contributed by atoms with Crippen molar-refractivity contribution in [3.8, 4) is 0 Å². The molecule has 1 heterocycles. The van der Waals surface area contributed by atoms with E-state index >= 15 is 0 Å². The number of nitrogens with one attached hydrogen (secondary N) is 1. The zero-order chi connectivity index (χ0) is 14.9. The van der Waals surface area contributed by atoms with Gasteiger partial charge >= 0.3 is 0 Å². The van der Waals surface area contributed by atoms with Crippen LogP contribution in [0.2, 0.25) is 0 Å². The monoisotopic (exact) mass is 274 g/mol. The van der Waals surface area contributed by atoms with E-state index in [1.807, 2.05) is 0 Å². The van der Waals surface area contributed by atoms with E-state index in [0.29, 0.717) is 22.8 Å². The highest BCUT2D eigenvalue weighted by Gasteiger charge is 2.16. The first kappa shape index (κ1) is 13.8. The van der Waals surface area contributed by atoms with Crippen LogP contribution in [0.5, 0.6) is 0 Å². The van der Waals surface area contributed by atoms with Gasteiger partial charge in [-0.3, -0.25) is 14.9 Å². The number of furan rings is 1. The highest BCUT2D eigenvalue weighted by Crippen LogP contribution is 2.23. The van der Waals surface area contributed by atoms with Crippen LogP contribution in [0.15, 0.2) is 28.7 Å². The smallest absolute Gasteiger partial charge is 0.271 e. The average Bonchev–Trinajstić information content (AvgIpc) is 2.71.